The molecular formula is C10H16N2O3. The van der Waals surface area contributed by atoms with Crippen molar-refractivity contribution < 1.29 is 14.3 Å². The quantitative estimate of drug-likeness (QED) is 0.471. The summed E-state index contributed by atoms with van der Waals surface area (Å²) < 4.78 is 12.0. The van der Waals surface area contributed by atoms with E-state index < -0.39 is 0 Å². The molecule has 84 valence electrons. The van der Waals surface area contributed by atoms with Gasteiger partial charge in [-0.15, -0.1) is 0 Å². The van der Waals surface area contributed by atoms with Crippen molar-refractivity contribution in [3.05, 3.63) is 18.2 Å². The molecule has 0 atom stereocenters. The van der Waals surface area contributed by atoms with Crippen LogP contribution in [0.15, 0.2) is 12.4 Å². The van der Waals surface area contributed by atoms with Gasteiger partial charge in [-0.1, -0.05) is 0 Å². The lowest BCUT2D eigenvalue weighted by Crippen LogP contribution is -2.09. The molecule has 0 aliphatic heterocycles. The lowest BCUT2D eigenvalue weighted by molar-refractivity contribution is 0.0965. The van der Waals surface area contributed by atoms with Crippen LogP contribution in [0.5, 0.6) is 0 Å². The molecule has 0 unspecified atom stereocenters. The van der Waals surface area contributed by atoms with Gasteiger partial charge in [0.2, 0.25) is 0 Å². The van der Waals surface area contributed by atoms with Gasteiger partial charge >= 0.3 is 0 Å². The highest BCUT2D eigenvalue weighted by molar-refractivity contribution is 5.69. The van der Waals surface area contributed by atoms with Gasteiger partial charge in [-0.3, -0.25) is 4.79 Å². The summed E-state index contributed by atoms with van der Waals surface area (Å²) in [4.78, 5) is 14.4. The Labute approximate surface area is 89.0 Å². The number of aromatic nitrogens is 2. The number of rotatable bonds is 8. The van der Waals surface area contributed by atoms with Gasteiger partial charge < -0.3 is 14.0 Å². The van der Waals surface area contributed by atoms with Crippen molar-refractivity contribution >= 4 is 6.29 Å². The summed E-state index contributed by atoms with van der Waals surface area (Å²) >= 11 is 0. The average molecular weight is 212 g/mol. The van der Waals surface area contributed by atoms with Crippen molar-refractivity contribution in [3.8, 4) is 0 Å². The number of imidazole rings is 1. The Kier molecular flexibility index (Phi) is 5.65. The first kappa shape index (κ1) is 11.9. The van der Waals surface area contributed by atoms with E-state index in [1.807, 2.05) is 0 Å². The van der Waals surface area contributed by atoms with Crippen LogP contribution in [-0.2, 0) is 16.0 Å². The van der Waals surface area contributed by atoms with Crippen LogP contribution in [0.1, 0.15) is 17.0 Å². The summed E-state index contributed by atoms with van der Waals surface area (Å²) in [5.74, 6) is 0.440. The van der Waals surface area contributed by atoms with Crippen LogP contribution in [-0.4, -0.2) is 42.8 Å². The van der Waals surface area contributed by atoms with Gasteiger partial charge in [-0.2, -0.15) is 0 Å². The molecule has 5 heteroatoms. The standard InChI is InChI=1S/C10H16N2O3/c1-14-6-2-7-15-8-5-12-4-3-11-10(12)9-13/h3-4,9H,2,5-8H2,1H3. The van der Waals surface area contributed by atoms with E-state index >= 15 is 0 Å². The van der Waals surface area contributed by atoms with E-state index in [-0.39, 0.29) is 0 Å². The summed E-state index contributed by atoms with van der Waals surface area (Å²) in [6, 6.07) is 0. The number of hydrogen-bond donors (Lipinski definition) is 0. The third-order valence-electron chi connectivity index (χ3n) is 1.97. The molecule has 1 rings (SSSR count). The van der Waals surface area contributed by atoms with Crippen LogP contribution >= 0.6 is 0 Å². The molecule has 0 bridgehead atoms. The van der Waals surface area contributed by atoms with Crippen LogP contribution in [0.2, 0.25) is 0 Å². The predicted octanol–water partition coefficient (Wildman–Crippen LogP) is 0.749. The van der Waals surface area contributed by atoms with Crippen molar-refractivity contribution in [2.45, 2.75) is 13.0 Å². The Balaban J connectivity index is 2.12. The minimum absolute atomic E-state index is 0.440. The number of aldehydes is 1. The van der Waals surface area contributed by atoms with Gasteiger partial charge in [0.05, 0.1) is 6.61 Å². The molecule has 1 heterocycles. The van der Waals surface area contributed by atoms with E-state index in [0.717, 1.165) is 12.7 Å². The van der Waals surface area contributed by atoms with E-state index in [4.69, 9.17) is 9.47 Å². The third-order valence-corrected chi connectivity index (χ3v) is 1.97. The van der Waals surface area contributed by atoms with Gasteiger partial charge in [0.15, 0.2) is 12.1 Å². The highest BCUT2D eigenvalue weighted by Crippen LogP contribution is 1.94. The van der Waals surface area contributed by atoms with Crippen LogP contribution in [0, 0.1) is 0 Å². The molecule has 0 amide bonds. The Bertz CT molecular complexity index is 286. The Morgan fingerprint density at radius 3 is 3.07 bits per heavy atom. The minimum atomic E-state index is 0.440. The normalized spacial score (nSPS) is 10.5. The maximum atomic E-state index is 10.5. The van der Waals surface area contributed by atoms with Crippen molar-refractivity contribution in [1.82, 2.24) is 9.55 Å². The number of ether oxygens (including phenoxy) is 2. The number of nitrogens with zero attached hydrogens (tertiary/aromatic N) is 2. The predicted molar refractivity (Wildman–Crippen MR) is 54.9 cm³/mol. The molecule has 0 aromatic carbocycles. The summed E-state index contributed by atoms with van der Waals surface area (Å²) in [7, 11) is 1.67. The minimum Gasteiger partial charge on any atom is -0.385 e. The van der Waals surface area contributed by atoms with Crippen molar-refractivity contribution in [1.29, 1.82) is 0 Å². The largest absolute Gasteiger partial charge is 0.385 e. The van der Waals surface area contributed by atoms with E-state index in [2.05, 4.69) is 4.98 Å². The lowest BCUT2D eigenvalue weighted by atomic mass is 10.5. The second-order valence-electron chi connectivity index (χ2n) is 3.06. The summed E-state index contributed by atoms with van der Waals surface area (Å²) in [6.07, 6.45) is 5.00. The lowest BCUT2D eigenvalue weighted by Gasteiger charge is -2.05. The molecule has 0 spiro atoms. The molecule has 5 nitrogen and oxygen atoms in total. The van der Waals surface area contributed by atoms with Crippen molar-refractivity contribution in [2.75, 3.05) is 26.9 Å². The molecule has 0 saturated carbocycles. The van der Waals surface area contributed by atoms with E-state index in [1.165, 1.54) is 0 Å². The second-order valence-corrected chi connectivity index (χ2v) is 3.06. The van der Waals surface area contributed by atoms with E-state index in [9.17, 15) is 4.79 Å². The fraction of sp³-hybridized carbons (Fsp3) is 0.600. The Morgan fingerprint density at radius 1 is 1.47 bits per heavy atom. The zero-order valence-electron chi connectivity index (χ0n) is 8.89. The highest BCUT2D eigenvalue weighted by Gasteiger charge is 1.99. The van der Waals surface area contributed by atoms with Crippen molar-refractivity contribution in [2.24, 2.45) is 0 Å². The SMILES string of the molecule is COCCCOCCn1ccnc1C=O. The third kappa shape index (κ3) is 4.22. The molecule has 1 aromatic rings. The monoisotopic (exact) mass is 212 g/mol. The van der Waals surface area contributed by atoms with Gasteiger partial charge in [0.1, 0.15) is 0 Å². The molecule has 0 radical (unpaired) electrons. The topological polar surface area (TPSA) is 53.4 Å². The van der Waals surface area contributed by atoms with Gasteiger partial charge in [-0.25, -0.2) is 4.98 Å². The smallest absolute Gasteiger partial charge is 0.185 e. The maximum absolute atomic E-state index is 10.5. The van der Waals surface area contributed by atoms with Gasteiger partial charge in [0.25, 0.3) is 0 Å². The first-order valence-electron chi connectivity index (χ1n) is 4.91. The van der Waals surface area contributed by atoms with Crippen LogP contribution in [0.3, 0.4) is 0 Å². The van der Waals surface area contributed by atoms with Gasteiger partial charge in [0, 0.05) is 39.3 Å². The van der Waals surface area contributed by atoms with Crippen molar-refractivity contribution in [3.63, 3.8) is 0 Å². The molecule has 0 aliphatic carbocycles. The number of carbonyl (C=O) groups excluding carboxylic acids is 1. The second kappa shape index (κ2) is 7.14. The molecule has 0 aliphatic rings. The first-order valence-corrected chi connectivity index (χ1v) is 4.91. The first-order chi connectivity index (χ1) is 7.38. The van der Waals surface area contributed by atoms with Crippen LogP contribution in [0.4, 0.5) is 0 Å². The van der Waals surface area contributed by atoms with Crippen LogP contribution < -0.4 is 0 Å². The number of hydrogen-bond acceptors (Lipinski definition) is 4. The maximum Gasteiger partial charge on any atom is 0.185 e. The average Bonchev–Trinajstić information content (AvgIpc) is 2.70. The Morgan fingerprint density at radius 2 is 2.33 bits per heavy atom. The number of carbonyl (C=O) groups is 1. The fourth-order valence-corrected chi connectivity index (χ4v) is 1.20. The molecule has 1 aromatic heterocycles. The van der Waals surface area contributed by atoms with E-state index in [1.54, 1.807) is 24.1 Å². The summed E-state index contributed by atoms with van der Waals surface area (Å²) in [5, 5.41) is 0. The van der Waals surface area contributed by atoms with Gasteiger partial charge in [-0.05, 0) is 6.42 Å². The zero-order chi connectivity index (χ0) is 10.9. The zero-order valence-corrected chi connectivity index (χ0v) is 8.89. The fourth-order valence-electron chi connectivity index (χ4n) is 1.20. The molecule has 0 saturated heterocycles. The molecule has 0 N–H and O–H groups in total. The molecule has 0 fully saturated rings. The van der Waals surface area contributed by atoms with E-state index in [0.29, 0.717) is 32.2 Å². The summed E-state index contributed by atoms with van der Waals surface area (Å²) in [5.41, 5.74) is 0. The molecule has 15 heavy (non-hydrogen) atoms. The highest BCUT2D eigenvalue weighted by atomic mass is 16.5. The Hall–Kier alpha value is -1.20. The van der Waals surface area contributed by atoms with Crippen LogP contribution in [0.25, 0.3) is 0 Å². The molecular weight excluding hydrogens is 196 g/mol. The summed E-state index contributed by atoms with van der Waals surface area (Å²) in [6.45, 7) is 2.63. The number of methoxy groups -OCH3 is 1.